The Bertz CT molecular complexity index is 1110. The van der Waals surface area contributed by atoms with Crippen molar-refractivity contribution in [2.75, 3.05) is 38.7 Å². The monoisotopic (exact) mass is 526 g/mol. The van der Waals surface area contributed by atoms with E-state index in [1.807, 2.05) is 57.8 Å². The lowest BCUT2D eigenvalue weighted by atomic mass is 10.0. The summed E-state index contributed by atoms with van der Waals surface area (Å²) in [6.07, 6.45) is 6.24. The molecule has 1 amide bonds. The number of fused-ring (bicyclic) bond motifs is 1. The van der Waals surface area contributed by atoms with Crippen LogP contribution in [0.4, 0.5) is 10.2 Å². The van der Waals surface area contributed by atoms with Gasteiger partial charge in [0.25, 0.3) is 0 Å². The van der Waals surface area contributed by atoms with Crippen molar-refractivity contribution in [3.63, 3.8) is 0 Å². The molecule has 210 valence electrons. The van der Waals surface area contributed by atoms with E-state index in [9.17, 15) is 9.18 Å². The average molecular weight is 527 g/mol. The highest BCUT2D eigenvalue weighted by Crippen LogP contribution is 2.32. The van der Waals surface area contributed by atoms with Gasteiger partial charge in [-0.2, -0.15) is 0 Å². The van der Waals surface area contributed by atoms with Gasteiger partial charge in [-0.05, 0) is 56.0 Å². The Labute approximate surface area is 229 Å². The molecule has 0 saturated carbocycles. The summed E-state index contributed by atoms with van der Waals surface area (Å²) in [6, 6.07) is 6.08. The van der Waals surface area contributed by atoms with Crippen LogP contribution in [0.2, 0.25) is 0 Å². The summed E-state index contributed by atoms with van der Waals surface area (Å²) in [7, 11) is 3.56. The number of unbranched alkanes of at least 4 members (excludes halogenated alkanes) is 1. The Morgan fingerprint density at radius 3 is 2.58 bits per heavy atom. The molecule has 0 bridgehead atoms. The zero-order valence-electron chi connectivity index (χ0n) is 24.7. The second-order valence-corrected chi connectivity index (χ2v) is 10.0. The molecule has 1 aliphatic rings. The summed E-state index contributed by atoms with van der Waals surface area (Å²) < 4.78 is 19.8. The molecule has 1 aromatic heterocycles. The van der Waals surface area contributed by atoms with Crippen molar-refractivity contribution >= 4 is 28.2 Å². The third kappa shape index (κ3) is 8.53. The lowest BCUT2D eigenvalue weighted by Crippen LogP contribution is -2.37. The Balaban J connectivity index is 0.00000247. The van der Waals surface area contributed by atoms with E-state index in [1.165, 1.54) is 6.08 Å². The molecule has 0 fully saturated rings. The normalized spacial score (nSPS) is 14.9. The smallest absolute Gasteiger partial charge is 0.222 e. The number of rotatable bonds is 12. The van der Waals surface area contributed by atoms with Crippen LogP contribution >= 0.6 is 0 Å². The molecule has 1 atom stereocenters. The zero-order valence-corrected chi connectivity index (χ0v) is 24.7. The van der Waals surface area contributed by atoms with Crippen molar-refractivity contribution in [3.05, 3.63) is 47.5 Å². The van der Waals surface area contributed by atoms with Gasteiger partial charge < -0.3 is 14.5 Å². The number of benzene rings is 1. The van der Waals surface area contributed by atoms with Crippen molar-refractivity contribution in [1.82, 2.24) is 14.9 Å². The van der Waals surface area contributed by atoms with Crippen LogP contribution in [0.15, 0.2) is 36.1 Å². The topological polar surface area (TPSA) is 58.6 Å². The van der Waals surface area contributed by atoms with E-state index in [0.29, 0.717) is 49.1 Å². The lowest BCUT2D eigenvalue weighted by molar-refractivity contribution is -0.131. The van der Waals surface area contributed by atoms with Crippen LogP contribution in [0.25, 0.3) is 16.5 Å². The number of likely N-dealkylation sites (N-methyl/N-ethyl adjacent to an activating group) is 2. The second-order valence-electron chi connectivity index (χ2n) is 10.0. The summed E-state index contributed by atoms with van der Waals surface area (Å²) in [5.74, 6) is 2.66. The highest BCUT2D eigenvalue weighted by Gasteiger charge is 2.22. The molecule has 1 unspecified atom stereocenters. The van der Waals surface area contributed by atoms with Gasteiger partial charge in [-0.1, -0.05) is 46.6 Å². The molecular formula is C31H47FN4O2. The number of amides is 1. The van der Waals surface area contributed by atoms with E-state index >= 15 is 0 Å². The minimum Gasteiger partial charge on any atom is -0.496 e. The first-order valence-electron chi connectivity index (χ1n) is 14.1. The SMILES string of the molecule is CC.CCN(CCN(C)c1nc(C2=CC(F)CC=C2OC)nc2cc(C)ccc12)C(=O)CCCCC(C)C. The Kier molecular flexibility index (Phi) is 12.7. The maximum Gasteiger partial charge on any atom is 0.222 e. The van der Waals surface area contributed by atoms with Crippen LogP contribution in [-0.2, 0) is 9.53 Å². The van der Waals surface area contributed by atoms with Gasteiger partial charge in [0.1, 0.15) is 17.7 Å². The molecule has 6 nitrogen and oxygen atoms in total. The third-order valence-corrected chi connectivity index (χ3v) is 6.66. The first-order chi connectivity index (χ1) is 18.2. The van der Waals surface area contributed by atoms with Crippen molar-refractivity contribution < 1.29 is 13.9 Å². The van der Waals surface area contributed by atoms with Crippen LogP contribution in [0.5, 0.6) is 0 Å². The highest BCUT2D eigenvalue weighted by atomic mass is 19.1. The number of methoxy groups -OCH3 is 1. The zero-order chi connectivity index (χ0) is 28.2. The highest BCUT2D eigenvalue weighted by molar-refractivity contribution is 5.92. The number of carbonyl (C=O) groups excluding carboxylic acids is 1. The molecule has 3 rings (SSSR count). The molecule has 38 heavy (non-hydrogen) atoms. The number of hydrogen-bond donors (Lipinski definition) is 0. The van der Waals surface area contributed by atoms with E-state index in [4.69, 9.17) is 14.7 Å². The van der Waals surface area contributed by atoms with E-state index in [2.05, 4.69) is 18.7 Å². The standard InChI is InChI=1S/C29H41FN4O2.C2H6/c1-7-34(27(35)11-9-8-10-20(2)3)17-16-33(5)29-23-14-12-21(4)18-25(23)31-28(32-29)24-19-22(30)13-15-26(24)36-6;1-2/h12,14-15,18-20,22H,7-11,13,16-17H2,1-6H3;1-2H3. The molecule has 2 aromatic rings. The average Bonchev–Trinajstić information content (AvgIpc) is 2.91. The molecular weight excluding hydrogens is 479 g/mol. The molecule has 1 heterocycles. The number of aryl methyl sites for hydroxylation is 1. The minimum atomic E-state index is -1.10. The van der Waals surface area contributed by atoms with Crippen molar-refractivity contribution in [1.29, 1.82) is 0 Å². The first kappa shape index (κ1) is 31.3. The van der Waals surface area contributed by atoms with Gasteiger partial charge in [0.15, 0.2) is 5.82 Å². The number of hydrogen-bond acceptors (Lipinski definition) is 5. The lowest BCUT2D eigenvalue weighted by Gasteiger charge is -2.26. The fourth-order valence-corrected chi connectivity index (χ4v) is 4.50. The van der Waals surface area contributed by atoms with Gasteiger partial charge in [0, 0.05) is 44.9 Å². The number of nitrogens with zero attached hydrogens (tertiary/aromatic N) is 4. The van der Waals surface area contributed by atoms with E-state index < -0.39 is 6.17 Å². The molecule has 0 radical (unpaired) electrons. The van der Waals surface area contributed by atoms with Gasteiger partial charge >= 0.3 is 0 Å². The van der Waals surface area contributed by atoms with Crippen molar-refractivity contribution in [2.45, 2.75) is 79.8 Å². The molecule has 7 heteroatoms. The summed E-state index contributed by atoms with van der Waals surface area (Å²) >= 11 is 0. The fraction of sp³-hybridized carbons (Fsp3) is 0.581. The number of allylic oxidation sites excluding steroid dienone is 3. The summed E-state index contributed by atoms with van der Waals surface area (Å²) in [6.45, 7) is 14.4. The first-order valence-corrected chi connectivity index (χ1v) is 14.1. The molecule has 0 saturated heterocycles. The molecule has 1 aromatic carbocycles. The van der Waals surface area contributed by atoms with Crippen LogP contribution in [0, 0.1) is 12.8 Å². The number of aromatic nitrogens is 2. The van der Waals surface area contributed by atoms with E-state index in [1.54, 1.807) is 13.2 Å². The number of alkyl halides is 1. The van der Waals surface area contributed by atoms with E-state index in [-0.39, 0.29) is 12.3 Å². The Morgan fingerprint density at radius 2 is 1.92 bits per heavy atom. The number of ether oxygens (including phenoxy) is 1. The Morgan fingerprint density at radius 1 is 1.18 bits per heavy atom. The van der Waals surface area contributed by atoms with Gasteiger partial charge in [0.05, 0.1) is 18.2 Å². The molecule has 1 aliphatic carbocycles. The number of halogens is 1. The maximum absolute atomic E-state index is 14.3. The molecule has 0 N–H and O–H groups in total. The summed E-state index contributed by atoms with van der Waals surface area (Å²) in [5.41, 5.74) is 2.46. The van der Waals surface area contributed by atoms with Crippen LogP contribution in [0.1, 0.15) is 78.1 Å². The largest absolute Gasteiger partial charge is 0.496 e. The number of carbonyl (C=O) groups is 1. The van der Waals surface area contributed by atoms with Gasteiger partial charge in [-0.25, -0.2) is 14.4 Å². The molecule has 0 aliphatic heterocycles. The summed E-state index contributed by atoms with van der Waals surface area (Å²) in [5, 5.41) is 0.922. The van der Waals surface area contributed by atoms with Crippen molar-refractivity contribution in [2.24, 2.45) is 5.92 Å². The maximum atomic E-state index is 14.3. The van der Waals surface area contributed by atoms with Gasteiger partial charge in [-0.15, -0.1) is 0 Å². The van der Waals surface area contributed by atoms with Crippen LogP contribution in [-0.4, -0.2) is 60.7 Å². The van der Waals surface area contributed by atoms with Gasteiger partial charge in [-0.3, -0.25) is 4.79 Å². The Hall–Kier alpha value is -2.96. The molecule has 0 spiro atoms. The number of anilines is 1. The van der Waals surface area contributed by atoms with Crippen LogP contribution < -0.4 is 4.90 Å². The third-order valence-electron chi connectivity index (χ3n) is 6.66. The van der Waals surface area contributed by atoms with Gasteiger partial charge in [0.2, 0.25) is 5.91 Å². The quantitative estimate of drug-likeness (QED) is 0.276. The fourth-order valence-electron chi connectivity index (χ4n) is 4.50. The summed E-state index contributed by atoms with van der Waals surface area (Å²) in [4.78, 5) is 26.4. The predicted octanol–water partition coefficient (Wildman–Crippen LogP) is 7.12. The van der Waals surface area contributed by atoms with Crippen molar-refractivity contribution in [3.8, 4) is 0 Å². The minimum absolute atomic E-state index is 0.203. The van der Waals surface area contributed by atoms with E-state index in [0.717, 1.165) is 41.5 Å². The second kappa shape index (κ2) is 15.5. The predicted molar refractivity (Wildman–Crippen MR) is 157 cm³/mol. The van der Waals surface area contributed by atoms with Crippen LogP contribution in [0.3, 0.4) is 0 Å².